The highest BCUT2D eigenvalue weighted by Crippen LogP contribution is 2.22. The van der Waals surface area contributed by atoms with E-state index in [-0.39, 0.29) is 12.5 Å². The maximum absolute atomic E-state index is 12.1. The summed E-state index contributed by atoms with van der Waals surface area (Å²) in [4.78, 5) is 16.7. The first-order chi connectivity index (χ1) is 13.1. The summed E-state index contributed by atoms with van der Waals surface area (Å²) in [5, 5.41) is 2.88. The highest BCUT2D eigenvalue weighted by atomic mass is 16.5. The molecule has 0 aliphatic heterocycles. The molecule has 0 saturated carbocycles. The second-order valence-electron chi connectivity index (χ2n) is 6.38. The van der Waals surface area contributed by atoms with Crippen molar-refractivity contribution in [3.63, 3.8) is 0 Å². The van der Waals surface area contributed by atoms with Crippen molar-refractivity contribution >= 4 is 11.6 Å². The normalized spacial score (nSPS) is 10.8. The van der Waals surface area contributed by atoms with Crippen molar-refractivity contribution < 1.29 is 14.3 Å². The number of para-hydroxylation sites is 1. The van der Waals surface area contributed by atoms with E-state index in [2.05, 4.69) is 10.3 Å². The number of aryl methyl sites for hydroxylation is 2. The lowest BCUT2D eigenvalue weighted by Gasteiger charge is -2.11. The van der Waals surface area contributed by atoms with Crippen LogP contribution < -0.4 is 14.8 Å². The molecule has 1 N–H and O–H groups in total. The zero-order valence-electron chi connectivity index (χ0n) is 16.0. The third-order valence-corrected chi connectivity index (χ3v) is 4.26. The van der Waals surface area contributed by atoms with Crippen molar-refractivity contribution in [2.24, 2.45) is 0 Å². The Labute approximate surface area is 159 Å². The molecule has 0 aliphatic carbocycles. The van der Waals surface area contributed by atoms with Crippen LogP contribution in [0.3, 0.4) is 0 Å². The lowest BCUT2D eigenvalue weighted by atomic mass is 10.1. The fourth-order valence-electron chi connectivity index (χ4n) is 2.97. The molecule has 27 heavy (non-hydrogen) atoms. The number of aromatic nitrogens is 2. The molecule has 0 bridgehead atoms. The molecule has 0 aliphatic rings. The Morgan fingerprint density at radius 2 is 1.93 bits per heavy atom. The van der Waals surface area contributed by atoms with Gasteiger partial charge in [0.25, 0.3) is 5.91 Å². The van der Waals surface area contributed by atoms with Crippen LogP contribution in [0.25, 0.3) is 5.65 Å². The number of fused-ring (bicyclic) bond motifs is 1. The van der Waals surface area contributed by atoms with Crippen LogP contribution in [0.1, 0.15) is 23.7 Å². The summed E-state index contributed by atoms with van der Waals surface area (Å²) in [6.45, 7) is 7.00. The molecular weight excluding hydrogens is 342 g/mol. The number of nitrogens with one attached hydrogen (secondary N) is 1. The Balaban J connectivity index is 1.51. The summed E-state index contributed by atoms with van der Waals surface area (Å²) in [5.41, 5.74) is 3.74. The molecule has 3 rings (SSSR count). The van der Waals surface area contributed by atoms with Crippen molar-refractivity contribution in [3.8, 4) is 11.5 Å². The van der Waals surface area contributed by atoms with Gasteiger partial charge in [-0.1, -0.05) is 18.2 Å². The smallest absolute Gasteiger partial charge is 0.257 e. The van der Waals surface area contributed by atoms with Crippen molar-refractivity contribution in [2.75, 3.05) is 19.8 Å². The van der Waals surface area contributed by atoms with Gasteiger partial charge in [-0.25, -0.2) is 4.98 Å². The fourth-order valence-corrected chi connectivity index (χ4v) is 2.97. The number of carbonyl (C=O) groups excluding carboxylic acids is 1. The van der Waals surface area contributed by atoms with E-state index in [1.54, 1.807) is 0 Å². The van der Waals surface area contributed by atoms with Crippen molar-refractivity contribution in [3.05, 3.63) is 59.5 Å². The van der Waals surface area contributed by atoms with Crippen LogP contribution in [-0.4, -0.2) is 35.1 Å². The van der Waals surface area contributed by atoms with Crippen LogP contribution in [0.5, 0.6) is 11.5 Å². The van der Waals surface area contributed by atoms with E-state index in [0.29, 0.717) is 19.6 Å². The van der Waals surface area contributed by atoms with Crippen LogP contribution >= 0.6 is 0 Å². The van der Waals surface area contributed by atoms with Gasteiger partial charge in [0.1, 0.15) is 5.75 Å². The number of imidazole rings is 1. The minimum absolute atomic E-state index is 0.00531. The molecule has 0 spiro atoms. The number of rotatable bonds is 8. The van der Waals surface area contributed by atoms with Gasteiger partial charge in [-0.3, -0.25) is 4.79 Å². The van der Waals surface area contributed by atoms with Gasteiger partial charge >= 0.3 is 0 Å². The number of benzene rings is 1. The Morgan fingerprint density at radius 3 is 2.67 bits per heavy atom. The zero-order valence-corrected chi connectivity index (χ0v) is 16.0. The van der Waals surface area contributed by atoms with E-state index in [1.807, 2.05) is 67.9 Å². The topological polar surface area (TPSA) is 64.9 Å². The monoisotopic (exact) mass is 367 g/mol. The summed E-state index contributed by atoms with van der Waals surface area (Å²) >= 11 is 0. The Bertz CT molecular complexity index is 913. The largest absolute Gasteiger partial charge is 0.490 e. The lowest BCUT2D eigenvalue weighted by molar-refractivity contribution is -0.123. The van der Waals surface area contributed by atoms with Gasteiger partial charge < -0.3 is 19.2 Å². The zero-order chi connectivity index (χ0) is 19.2. The number of pyridine rings is 1. The molecule has 2 heterocycles. The summed E-state index contributed by atoms with van der Waals surface area (Å²) in [7, 11) is 0. The number of hydrogen-bond donors (Lipinski definition) is 1. The van der Waals surface area contributed by atoms with Gasteiger partial charge in [0.15, 0.2) is 18.0 Å². The molecule has 1 amide bonds. The molecule has 0 saturated heterocycles. The lowest BCUT2D eigenvalue weighted by Crippen LogP contribution is -2.30. The second-order valence-corrected chi connectivity index (χ2v) is 6.38. The van der Waals surface area contributed by atoms with Gasteiger partial charge in [0.05, 0.1) is 12.3 Å². The van der Waals surface area contributed by atoms with Gasteiger partial charge in [0, 0.05) is 25.4 Å². The first-order valence-corrected chi connectivity index (χ1v) is 9.13. The maximum Gasteiger partial charge on any atom is 0.257 e. The van der Waals surface area contributed by atoms with Crippen LogP contribution in [0.15, 0.2) is 42.7 Å². The minimum atomic E-state index is -0.142. The summed E-state index contributed by atoms with van der Waals surface area (Å²) in [6.07, 6.45) is 4.53. The number of ether oxygens (including phenoxy) is 2. The van der Waals surface area contributed by atoms with E-state index >= 15 is 0 Å². The molecule has 2 aromatic heterocycles. The highest BCUT2D eigenvalue weighted by molar-refractivity contribution is 5.77. The van der Waals surface area contributed by atoms with Crippen LogP contribution in [0.4, 0.5) is 0 Å². The van der Waals surface area contributed by atoms with Gasteiger partial charge in [-0.2, -0.15) is 0 Å². The third-order valence-electron chi connectivity index (χ3n) is 4.26. The second kappa shape index (κ2) is 8.58. The number of carbonyl (C=O) groups is 1. The highest BCUT2D eigenvalue weighted by Gasteiger charge is 2.09. The van der Waals surface area contributed by atoms with Crippen molar-refractivity contribution in [1.82, 2.24) is 14.7 Å². The van der Waals surface area contributed by atoms with Gasteiger partial charge in [-0.05, 0) is 44.0 Å². The van der Waals surface area contributed by atoms with Gasteiger partial charge in [0.2, 0.25) is 0 Å². The molecule has 142 valence electrons. The van der Waals surface area contributed by atoms with Crippen molar-refractivity contribution in [2.45, 2.75) is 27.2 Å². The molecule has 0 radical (unpaired) electrons. The number of hydrogen-bond acceptors (Lipinski definition) is 4. The molecule has 6 heteroatoms. The Kier molecular flexibility index (Phi) is 5.96. The molecular formula is C21H25N3O3. The maximum atomic E-state index is 12.1. The first-order valence-electron chi connectivity index (χ1n) is 9.13. The summed E-state index contributed by atoms with van der Waals surface area (Å²) in [6, 6.07) is 9.75. The molecule has 0 unspecified atom stereocenters. The predicted octanol–water partition coefficient (Wildman–Crippen LogP) is 3.09. The molecule has 0 fully saturated rings. The summed E-state index contributed by atoms with van der Waals surface area (Å²) < 4.78 is 13.2. The number of amides is 1. The quantitative estimate of drug-likeness (QED) is 0.664. The van der Waals surface area contributed by atoms with Crippen LogP contribution in [-0.2, 0) is 11.2 Å². The minimum Gasteiger partial charge on any atom is -0.490 e. The Morgan fingerprint density at radius 1 is 1.15 bits per heavy atom. The standard InChI is InChI=1S/C21H25N3O3/c1-4-26-18-9-6-12-24-13-17(23-21(18)24)10-11-22-19(25)14-27-20-15(2)7-5-8-16(20)3/h5-9,12-13H,4,10-11,14H2,1-3H3,(H,22,25). The number of nitrogens with zero attached hydrogens (tertiary/aromatic N) is 2. The van der Waals surface area contributed by atoms with Gasteiger partial charge in [-0.15, -0.1) is 0 Å². The SMILES string of the molecule is CCOc1cccn2cc(CCNC(=O)COc3c(C)cccc3C)nc12. The molecule has 0 atom stereocenters. The van der Waals surface area contributed by atoms with Crippen LogP contribution in [0, 0.1) is 13.8 Å². The molecule has 6 nitrogen and oxygen atoms in total. The molecule has 3 aromatic rings. The van der Waals surface area contributed by atoms with E-state index in [4.69, 9.17) is 9.47 Å². The van der Waals surface area contributed by atoms with E-state index in [0.717, 1.165) is 34.0 Å². The van der Waals surface area contributed by atoms with E-state index < -0.39 is 0 Å². The summed E-state index contributed by atoms with van der Waals surface area (Å²) in [5.74, 6) is 1.39. The average molecular weight is 367 g/mol. The Hall–Kier alpha value is -3.02. The van der Waals surface area contributed by atoms with Crippen LogP contribution in [0.2, 0.25) is 0 Å². The first kappa shape index (κ1) is 18.8. The average Bonchev–Trinajstić information content (AvgIpc) is 3.05. The fraction of sp³-hybridized carbons (Fsp3) is 0.333. The third kappa shape index (κ3) is 4.58. The van der Waals surface area contributed by atoms with E-state index in [1.165, 1.54) is 0 Å². The molecule has 1 aromatic carbocycles. The van der Waals surface area contributed by atoms with E-state index in [9.17, 15) is 4.79 Å². The predicted molar refractivity (Wildman–Crippen MR) is 104 cm³/mol. The van der Waals surface area contributed by atoms with Crippen molar-refractivity contribution in [1.29, 1.82) is 0 Å².